The molecule has 0 aromatic carbocycles. The third-order valence-electron chi connectivity index (χ3n) is 2.78. The topological polar surface area (TPSA) is 66.0 Å². The van der Waals surface area contributed by atoms with Crippen molar-refractivity contribution in [1.82, 2.24) is 14.8 Å². The first-order valence-corrected chi connectivity index (χ1v) is 5.79. The fourth-order valence-corrected chi connectivity index (χ4v) is 1.70. The lowest BCUT2D eigenvalue weighted by Gasteiger charge is -2.26. The van der Waals surface area contributed by atoms with Gasteiger partial charge in [-0.25, -0.2) is 4.98 Å². The molecule has 1 aromatic rings. The second kappa shape index (κ2) is 5.96. The molecule has 1 unspecified atom stereocenters. The molecular formula is C11H22N4O. The van der Waals surface area contributed by atoms with Crippen molar-refractivity contribution >= 4 is 0 Å². The van der Waals surface area contributed by atoms with Gasteiger partial charge in [0.2, 0.25) is 0 Å². The molecule has 0 saturated heterocycles. The SMILES string of the molecule is CCCn1ncnc1CC(N)(CC)COC. The van der Waals surface area contributed by atoms with Gasteiger partial charge in [0.1, 0.15) is 12.2 Å². The van der Waals surface area contributed by atoms with Gasteiger partial charge in [0.15, 0.2) is 0 Å². The van der Waals surface area contributed by atoms with Crippen molar-refractivity contribution in [3.8, 4) is 0 Å². The quantitative estimate of drug-likeness (QED) is 0.752. The highest BCUT2D eigenvalue weighted by atomic mass is 16.5. The highest BCUT2D eigenvalue weighted by Crippen LogP contribution is 2.13. The van der Waals surface area contributed by atoms with Crippen LogP contribution in [0.3, 0.4) is 0 Å². The zero-order valence-corrected chi connectivity index (χ0v) is 10.4. The van der Waals surface area contributed by atoms with Crippen LogP contribution in [0.1, 0.15) is 32.5 Å². The van der Waals surface area contributed by atoms with E-state index in [1.807, 2.05) is 4.68 Å². The number of nitrogens with zero attached hydrogens (tertiary/aromatic N) is 3. The Hall–Kier alpha value is -0.940. The van der Waals surface area contributed by atoms with Crippen LogP contribution in [0.4, 0.5) is 0 Å². The van der Waals surface area contributed by atoms with Crippen LogP contribution in [-0.2, 0) is 17.7 Å². The van der Waals surface area contributed by atoms with E-state index < -0.39 is 0 Å². The predicted molar refractivity (Wildman–Crippen MR) is 63.1 cm³/mol. The summed E-state index contributed by atoms with van der Waals surface area (Å²) in [5, 5.41) is 4.19. The Bertz CT molecular complexity index is 313. The second-order valence-electron chi connectivity index (χ2n) is 4.23. The molecule has 92 valence electrons. The van der Waals surface area contributed by atoms with Crippen molar-refractivity contribution < 1.29 is 4.74 Å². The van der Waals surface area contributed by atoms with Gasteiger partial charge < -0.3 is 10.5 Å². The number of aryl methyl sites for hydroxylation is 1. The van der Waals surface area contributed by atoms with Gasteiger partial charge in [-0.2, -0.15) is 5.10 Å². The zero-order chi connectivity index (χ0) is 12.0. The summed E-state index contributed by atoms with van der Waals surface area (Å²) in [5.74, 6) is 0.947. The Morgan fingerprint density at radius 3 is 2.81 bits per heavy atom. The van der Waals surface area contributed by atoms with Gasteiger partial charge in [-0.1, -0.05) is 13.8 Å². The number of hydrogen-bond donors (Lipinski definition) is 1. The van der Waals surface area contributed by atoms with Gasteiger partial charge in [0, 0.05) is 25.6 Å². The van der Waals surface area contributed by atoms with E-state index in [0.717, 1.165) is 25.2 Å². The van der Waals surface area contributed by atoms with Gasteiger partial charge in [-0.3, -0.25) is 4.68 Å². The van der Waals surface area contributed by atoms with Crippen LogP contribution in [0.5, 0.6) is 0 Å². The van der Waals surface area contributed by atoms with Crippen molar-refractivity contribution in [1.29, 1.82) is 0 Å². The maximum Gasteiger partial charge on any atom is 0.138 e. The summed E-state index contributed by atoms with van der Waals surface area (Å²) in [5.41, 5.74) is 5.92. The van der Waals surface area contributed by atoms with Crippen LogP contribution in [0, 0.1) is 0 Å². The molecule has 0 fully saturated rings. The van der Waals surface area contributed by atoms with Crippen molar-refractivity contribution in [2.24, 2.45) is 5.73 Å². The number of aromatic nitrogens is 3. The first-order chi connectivity index (χ1) is 7.65. The van der Waals surface area contributed by atoms with Crippen molar-refractivity contribution in [2.75, 3.05) is 13.7 Å². The third kappa shape index (κ3) is 3.28. The lowest BCUT2D eigenvalue weighted by Crippen LogP contribution is -2.46. The smallest absolute Gasteiger partial charge is 0.138 e. The molecule has 5 heteroatoms. The van der Waals surface area contributed by atoms with E-state index in [4.69, 9.17) is 10.5 Å². The molecule has 0 aliphatic heterocycles. The summed E-state index contributed by atoms with van der Waals surface area (Å²) in [6, 6.07) is 0. The molecule has 2 N–H and O–H groups in total. The van der Waals surface area contributed by atoms with Crippen LogP contribution in [0.25, 0.3) is 0 Å². The average Bonchev–Trinajstić information content (AvgIpc) is 2.67. The van der Waals surface area contributed by atoms with E-state index in [9.17, 15) is 0 Å². The number of nitrogens with two attached hydrogens (primary N) is 1. The fourth-order valence-electron chi connectivity index (χ4n) is 1.70. The second-order valence-corrected chi connectivity index (χ2v) is 4.23. The van der Waals surface area contributed by atoms with Crippen molar-refractivity contribution in [3.63, 3.8) is 0 Å². The minimum Gasteiger partial charge on any atom is -0.383 e. The molecule has 1 atom stereocenters. The summed E-state index contributed by atoms with van der Waals surface area (Å²) >= 11 is 0. The monoisotopic (exact) mass is 226 g/mol. The van der Waals surface area contributed by atoms with Crippen LogP contribution in [0.15, 0.2) is 6.33 Å². The Kier molecular flexibility index (Phi) is 4.89. The van der Waals surface area contributed by atoms with Crippen LogP contribution in [0.2, 0.25) is 0 Å². The normalized spacial score (nSPS) is 15.0. The lowest BCUT2D eigenvalue weighted by atomic mass is 9.94. The van der Waals surface area contributed by atoms with E-state index in [1.165, 1.54) is 0 Å². The minimum atomic E-state index is -0.340. The van der Waals surface area contributed by atoms with Crippen LogP contribution < -0.4 is 5.73 Å². The molecule has 0 saturated carbocycles. The van der Waals surface area contributed by atoms with Gasteiger partial charge in [0.25, 0.3) is 0 Å². The van der Waals surface area contributed by atoms with E-state index in [2.05, 4.69) is 23.9 Å². The van der Waals surface area contributed by atoms with Gasteiger partial charge in [-0.15, -0.1) is 0 Å². The molecule has 1 rings (SSSR count). The number of ether oxygens (including phenoxy) is 1. The summed E-state index contributed by atoms with van der Waals surface area (Å²) in [6.45, 7) is 5.63. The maximum atomic E-state index is 6.26. The Balaban J connectivity index is 2.73. The minimum absolute atomic E-state index is 0.340. The van der Waals surface area contributed by atoms with Gasteiger partial charge in [0.05, 0.1) is 6.61 Å². The highest BCUT2D eigenvalue weighted by Gasteiger charge is 2.25. The summed E-state index contributed by atoms with van der Waals surface area (Å²) in [7, 11) is 1.67. The molecule has 1 aromatic heterocycles. The van der Waals surface area contributed by atoms with Crippen LogP contribution in [-0.4, -0.2) is 34.0 Å². The Morgan fingerprint density at radius 2 is 2.25 bits per heavy atom. The van der Waals surface area contributed by atoms with Gasteiger partial charge in [-0.05, 0) is 12.8 Å². The molecule has 0 spiro atoms. The molecule has 5 nitrogen and oxygen atoms in total. The largest absolute Gasteiger partial charge is 0.383 e. The van der Waals surface area contributed by atoms with Crippen molar-refractivity contribution in [3.05, 3.63) is 12.2 Å². The van der Waals surface area contributed by atoms with E-state index in [0.29, 0.717) is 13.0 Å². The number of rotatable bonds is 7. The molecule has 0 aliphatic carbocycles. The van der Waals surface area contributed by atoms with E-state index in [-0.39, 0.29) is 5.54 Å². The first kappa shape index (κ1) is 13.1. The molecule has 0 radical (unpaired) electrons. The van der Waals surface area contributed by atoms with Crippen LogP contribution >= 0.6 is 0 Å². The Morgan fingerprint density at radius 1 is 1.50 bits per heavy atom. The molecule has 16 heavy (non-hydrogen) atoms. The predicted octanol–water partition coefficient (Wildman–Crippen LogP) is 0.984. The van der Waals surface area contributed by atoms with Gasteiger partial charge >= 0.3 is 0 Å². The molecule has 0 bridgehead atoms. The van der Waals surface area contributed by atoms with Crippen molar-refractivity contribution in [2.45, 2.75) is 45.2 Å². The summed E-state index contributed by atoms with van der Waals surface area (Å²) in [6.07, 6.45) is 4.20. The number of methoxy groups -OCH3 is 1. The zero-order valence-electron chi connectivity index (χ0n) is 10.4. The highest BCUT2D eigenvalue weighted by molar-refractivity contribution is 4.97. The Labute approximate surface area is 97.0 Å². The van der Waals surface area contributed by atoms with E-state index >= 15 is 0 Å². The fraction of sp³-hybridized carbons (Fsp3) is 0.818. The standard InChI is InChI=1S/C11H22N4O/c1-4-6-15-10(13-9-14-15)7-11(12,5-2)8-16-3/h9H,4-8,12H2,1-3H3. The molecular weight excluding hydrogens is 204 g/mol. The lowest BCUT2D eigenvalue weighted by molar-refractivity contribution is 0.127. The maximum absolute atomic E-state index is 6.26. The summed E-state index contributed by atoms with van der Waals surface area (Å²) in [4.78, 5) is 4.27. The average molecular weight is 226 g/mol. The first-order valence-electron chi connectivity index (χ1n) is 5.79. The van der Waals surface area contributed by atoms with E-state index in [1.54, 1.807) is 13.4 Å². The summed E-state index contributed by atoms with van der Waals surface area (Å²) < 4.78 is 7.09. The molecule has 1 heterocycles. The molecule has 0 amide bonds. The molecule has 0 aliphatic rings. The third-order valence-corrected chi connectivity index (χ3v) is 2.78. The number of hydrogen-bond acceptors (Lipinski definition) is 4.